The first kappa shape index (κ1) is 20.4. The summed E-state index contributed by atoms with van der Waals surface area (Å²) in [6.45, 7) is 6.16. The van der Waals surface area contributed by atoms with Crippen LogP contribution in [0.15, 0.2) is 36.9 Å². The molecule has 1 aliphatic rings. The molecule has 3 N–H and O–H groups in total. The second-order valence-electron chi connectivity index (χ2n) is 5.26. The predicted molar refractivity (Wildman–Crippen MR) is 97.6 cm³/mol. The third-order valence-corrected chi connectivity index (χ3v) is 3.97. The molecule has 0 aromatic heterocycles. The molecule has 1 aromatic carbocycles. The smallest absolute Gasteiger partial charge is 0.321 e. The first-order valence-electron chi connectivity index (χ1n) is 7.49. The van der Waals surface area contributed by atoms with Crippen LogP contribution in [0.5, 0.6) is 0 Å². The van der Waals surface area contributed by atoms with Crippen molar-refractivity contribution in [3.05, 3.63) is 47.5 Å². The molecule has 1 aromatic rings. The van der Waals surface area contributed by atoms with Gasteiger partial charge in [-0.15, -0.1) is 19.0 Å². The lowest BCUT2D eigenvalue weighted by Crippen LogP contribution is -2.51. The van der Waals surface area contributed by atoms with Crippen LogP contribution in [0.2, 0.25) is 5.02 Å². The van der Waals surface area contributed by atoms with Crippen LogP contribution < -0.4 is 16.0 Å². The molecule has 3 amide bonds. The summed E-state index contributed by atoms with van der Waals surface area (Å²) in [4.78, 5) is 25.6. The van der Waals surface area contributed by atoms with E-state index in [1.807, 2.05) is 29.2 Å². The van der Waals surface area contributed by atoms with E-state index in [9.17, 15) is 9.59 Å². The number of nitrogens with zero attached hydrogens (tertiary/aromatic N) is 1. The van der Waals surface area contributed by atoms with Gasteiger partial charge in [0, 0.05) is 37.2 Å². The standard InChI is InChI=1S/C16H21ClN4O2.ClH/c1-2-7-19-16(23)20-15(22)11-21-9-8-18-10-14(21)12-5-3-4-6-13(12)17;/h2-6,14,18H,1,7-11H2,(H2,19,20,22,23);1H. The van der Waals surface area contributed by atoms with E-state index in [0.29, 0.717) is 24.7 Å². The number of hydrogen-bond acceptors (Lipinski definition) is 4. The zero-order chi connectivity index (χ0) is 16.7. The number of urea groups is 1. The molecule has 0 aliphatic carbocycles. The fraction of sp³-hybridized carbons (Fsp3) is 0.375. The van der Waals surface area contributed by atoms with Gasteiger partial charge in [-0.2, -0.15) is 0 Å². The lowest BCUT2D eigenvalue weighted by molar-refractivity contribution is -0.122. The zero-order valence-electron chi connectivity index (χ0n) is 13.3. The Kier molecular flexibility index (Phi) is 8.78. The number of amides is 3. The largest absolute Gasteiger partial charge is 0.334 e. The first-order chi connectivity index (χ1) is 11.1. The number of imide groups is 1. The molecule has 0 saturated carbocycles. The van der Waals surface area contributed by atoms with Gasteiger partial charge in [-0.1, -0.05) is 35.9 Å². The number of hydrogen-bond donors (Lipinski definition) is 3. The van der Waals surface area contributed by atoms with Crippen molar-refractivity contribution in [3.8, 4) is 0 Å². The lowest BCUT2D eigenvalue weighted by Gasteiger charge is -2.36. The Morgan fingerprint density at radius 2 is 2.17 bits per heavy atom. The number of halogens is 2. The minimum atomic E-state index is -0.515. The number of piperazine rings is 1. The van der Waals surface area contributed by atoms with E-state index in [4.69, 9.17) is 11.6 Å². The van der Waals surface area contributed by atoms with Crippen molar-refractivity contribution in [2.75, 3.05) is 32.7 Å². The average Bonchev–Trinajstić information content (AvgIpc) is 2.54. The molecule has 24 heavy (non-hydrogen) atoms. The van der Waals surface area contributed by atoms with E-state index in [1.54, 1.807) is 6.08 Å². The van der Waals surface area contributed by atoms with Gasteiger partial charge in [-0.05, 0) is 11.6 Å². The summed E-state index contributed by atoms with van der Waals surface area (Å²) in [7, 11) is 0. The third-order valence-electron chi connectivity index (χ3n) is 3.63. The molecule has 132 valence electrons. The maximum absolute atomic E-state index is 12.1. The van der Waals surface area contributed by atoms with Crippen molar-refractivity contribution in [3.63, 3.8) is 0 Å². The van der Waals surface area contributed by atoms with Crippen LogP contribution in [-0.2, 0) is 4.79 Å². The second kappa shape index (κ2) is 10.3. The minimum Gasteiger partial charge on any atom is -0.334 e. The molecule has 8 heteroatoms. The highest BCUT2D eigenvalue weighted by atomic mass is 35.5. The van der Waals surface area contributed by atoms with Gasteiger partial charge in [0.1, 0.15) is 0 Å². The van der Waals surface area contributed by atoms with Crippen LogP contribution in [0.1, 0.15) is 11.6 Å². The molecule has 1 atom stereocenters. The van der Waals surface area contributed by atoms with Crippen molar-refractivity contribution in [2.24, 2.45) is 0 Å². The Balaban J connectivity index is 0.00000288. The van der Waals surface area contributed by atoms with Crippen LogP contribution in [-0.4, -0.2) is 49.6 Å². The van der Waals surface area contributed by atoms with Crippen LogP contribution in [0.4, 0.5) is 4.79 Å². The molecule has 1 fully saturated rings. The Morgan fingerprint density at radius 1 is 1.42 bits per heavy atom. The Labute approximate surface area is 153 Å². The van der Waals surface area contributed by atoms with Crippen molar-refractivity contribution in [1.82, 2.24) is 20.9 Å². The zero-order valence-corrected chi connectivity index (χ0v) is 14.8. The fourth-order valence-electron chi connectivity index (χ4n) is 2.55. The van der Waals surface area contributed by atoms with Gasteiger partial charge in [-0.3, -0.25) is 15.0 Å². The number of nitrogens with one attached hydrogen (secondary N) is 3. The number of carbonyl (C=O) groups excluding carboxylic acids is 2. The van der Waals surface area contributed by atoms with Gasteiger partial charge in [0.25, 0.3) is 0 Å². The second-order valence-corrected chi connectivity index (χ2v) is 5.67. The SMILES string of the molecule is C=CCNC(=O)NC(=O)CN1CCNCC1c1ccccc1Cl.Cl. The maximum Gasteiger partial charge on any atom is 0.321 e. The molecular weight excluding hydrogens is 351 g/mol. The highest BCUT2D eigenvalue weighted by Gasteiger charge is 2.27. The first-order valence-corrected chi connectivity index (χ1v) is 7.87. The summed E-state index contributed by atoms with van der Waals surface area (Å²) >= 11 is 6.27. The summed E-state index contributed by atoms with van der Waals surface area (Å²) in [5.41, 5.74) is 0.977. The minimum absolute atomic E-state index is 0. The summed E-state index contributed by atoms with van der Waals surface area (Å²) in [5, 5.41) is 8.81. The van der Waals surface area contributed by atoms with E-state index in [1.165, 1.54) is 0 Å². The van der Waals surface area contributed by atoms with Gasteiger partial charge >= 0.3 is 6.03 Å². The molecule has 0 radical (unpaired) electrons. The van der Waals surface area contributed by atoms with E-state index in [0.717, 1.165) is 12.1 Å². The molecule has 6 nitrogen and oxygen atoms in total. The van der Waals surface area contributed by atoms with Crippen molar-refractivity contribution < 1.29 is 9.59 Å². The predicted octanol–water partition coefficient (Wildman–Crippen LogP) is 1.72. The van der Waals surface area contributed by atoms with E-state index >= 15 is 0 Å². The fourth-order valence-corrected chi connectivity index (χ4v) is 2.81. The molecule has 1 saturated heterocycles. The molecule has 1 heterocycles. The van der Waals surface area contributed by atoms with E-state index < -0.39 is 6.03 Å². The van der Waals surface area contributed by atoms with Crippen molar-refractivity contribution >= 4 is 35.9 Å². The van der Waals surface area contributed by atoms with Crippen LogP contribution >= 0.6 is 24.0 Å². The quantitative estimate of drug-likeness (QED) is 0.688. The Hall–Kier alpha value is -1.60. The molecule has 2 rings (SSSR count). The lowest BCUT2D eigenvalue weighted by atomic mass is 10.0. The molecular formula is C16H22Cl2N4O2. The maximum atomic E-state index is 12.1. The monoisotopic (exact) mass is 372 g/mol. The van der Waals surface area contributed by atoms with Gasteiger partial charge in [0.2, 0.25) is 5.91 Å². The highest BCUT2D eigenvalue weighted by molar-refractivity contribution is 6.31. The molecule has 1 aliphatic heterocycles. The highest BCUT2D eigenvalue weighted by Crippen LogP contribution is 2.28. The van der Waals surface area contributed by atoms with Crippen LogP contribution in [0.25, 0.3) is 0 Å². The normalized spacial score (nSPS) is 17.5. The van der Waals surface area contributed by atoms with Crippen molar-refractivity contribution in [2.45, 2.75) is 6.04 Å². The summed E-state index contributed by atoms with van der Waals surface area (Å²) in [5.74, 6) is -0.342. The molecule has 0 bridgehead atoms. The van der Waals surface area contributed by atoms with Crippen molar-refractivity contribution in [1.29, 1.82) is 0 Å². The Morgan fingerprint density at radius 3 is 2.88 bits per heavy atom. The van der Waals surface area contributed by atoms with Gasteiger partial charge in [-0.25, -0.2) is 4.79 Å². The number of carbonyl (C=O) groups is 2. The van der Waals surface area contributed by atoms with Gasteiger partial charge in [0.05, 0.1) is 6.54 Å². The topological polar surface area (TPSA) is 73.5 Å². The third kappa shape index (κ3) is 5.79. The van der Waals surface area contributed by atoms with Gasteiger partial charge in [0.15, 0.2) is 0 Å². The summed E-state index contributed by atoms with van der Waals surface area (Å²) in [6, 6.07) is 7.09. The van der Waals surface area contributed by atoms with Crippen LogP contribution in [0, 0.1) is 0 Å². The van der Waals surface area contributed by atoms with E-state index in [-0.39, 0.29) is 30.9 Å². The molecule has 1 unspecified atom stereocenters. The summed E-state index contributed by atoms with van der Waals surface area (Å²) < 4.78 is 0. The molecule has 0 spiro atoms. The number of benzene rings is 1. The van der Waals surface area contributed by atoms with E-state index in [2.05, 4.69) is 22.5 Å². The van der Waals surface area contributed by atoms with Gasteiger partial charge < -0.3 is 10.6 Å². The average molecular weight is 373 g/mol. The Bertz CT molecular complexity index is 583. The van der Waals surface area contributed by atoms with Crippen LogP contribution in [0.3, 0.4) is 0 Å². The summed E-state index contributed by atoms with van der Waals surface area (Å²) in [6.07, 6.45) is 1.55. The number of rotatable bonds is 5.